The summed E-state index contributed by atoms with van der Waals surface area (Å²) >= 11 is 1.75. The van der Waals surface area contributed by atoms with Gasteiger partial charge in [-0.2, -0.15) is 11.2 Å². The van der Waals surface area contributed by atoms with Crippen molar-refractivity contribution >= 4 is 24.4 Å². The van der Waals surface area contributed by atoms with Crippen molar-refractivity contribution in [2.24, 2.45) is 0 Å². The Morgan fingerprint density at radius 2 is 1.91 bits per heavy atom. The van der Waals surface area contributed by atoms with Crippen molar-refractivity contribution < 1.29 is 9.53 Å². The normalized spacial score (nSPS) is 14.3. The molecule has 0 aliphatic heterocycles. The zero-order chi connectivity index (χ0) is 9.07. The molecule has 0 aromatic heterocycles. The molecule has 0 saturated carbocycles. The molecule has 0 N–H and O–H groups in total. The minimum atomic E-state index is -1.18. The molecule has 0 bridgehead atoms. The van der Waals surface area contributed by atoms with Crippen LogP contribution in [-0.2, 0) is 9.53 Å². The van der Waals surface area contributed by atoms with E-state index in [0.29, 0.717) is 0 Å². The van der Waals surface area contributed by atoms with Gasteiger partial charge < -0.3 is 4.74 Å². The van der Waals surface area contributed by atoms with Crippen LogP contribution in [0.1, 0.15) is 6.92 Å². The number of ether oxygens (including phenoxy) is 1. The monoisotopic (exact) mass is 192 g/mol. The summed E-state index contributed by atoms with van der Waals surface area (Å²) in [6.45, 7) is 8.56. The average Bonchev–Trinajstić information content (AvgIpc) is 1.82. The Labute approximate surface area is 73.4 Å². The lowest BCUT2D eigenvalue weighted by molar-refractivity contribution is -0.139. The van der Waals surface area contributed by atoms with E-state index >= 15 is 0 Å². The van der Waals surface area contributed by atoms with Gasteiger partial charge in [0.05, 0.1) is 12.4 Å². The summed E-state index contributed by atoms with van der Waals surface area (Å²) in [5.41, 5.74) is 0. The molecule has 0 radical (unpaired) electrons. The van der Waals surface area contributed by atoms with E-state index in [4.69, 9.17) is 0 Å². The molecule has 0 aliphatic rings. The maximum absolute atomic E-state index is 11.0. The molecule has 0 saturated heterocycles. The Morgan fingerprint density at radius 3 is 2.18 bits per heavy atom. The highest BCUT2D eigenvalue weighted by atomic mass is 32.4. The van der Waals surface area contributed by atoms with Crippen LogP contribution in [0.3, 0.4) is 0 Å². The van der Waals surface area contributed by atoms with E-state index in [1.165, 1.54) is 7.11 Å². The Bertz CT molecular complexity index is 142. The fraction of sp³-hybridized carbons (Fsp3) is 0.857. The van der Waals surface area contributed by atoms with Crippen LogP contribution in [0.5, 0.6) is 0 Å². The Morgan fingerprint density at radius 1 is 1.45 bits per heavy atom. The highest BCUT2D eigenvalue weighted by Crippen LogP contribution is 2.24. The van der Waals surface area contributed by atoms with E-state index in [-0.39, 0.29) is 11.2 Å². The number of methoxy groups -OCH3 is 1. The molecule has 0 aromatic carbocycles. The van der Waals surface area contributed by atoms with Crippen molar-refractivity contribution in [1.82, 2.24) is 0 Å². The minimum Gasteiger partial charge on any atom is -0.468 e. The van der Waals surface area contributed by atoms with Crippen LogP contribution in [0.15, 0.2) is 0 Å². The van der Waals surface area contributed by atoms with Crippen LogP contribution in [0, 0.1) is 0 Å². The van der Waals surface area contributed by atoms with Gasteiger partial charge in [0.1, 0.15) is 7.22 Å². The third kappa shape index (κ3) is 5.32. The summed E-state index contributed by atoms with van der Waals surface area (Å²) in [6, 6.07) is 0. The summed E-state index contributed by atoms with van der Waals surface area (Å²) in [7, 11) is 0.251. The maximum atomic E-state index is 11.0. The Balaban J connectivity index is 3.87. The van der Waals surface area contributed by atoms with Crippen molar-refractivity contribution in [2.45, 2.75) is 31.8 Å². The third-order valence-corrected chi connectivity index (χ3v) is 5.50. The summed E-state index contributed by atoms with van der Waals surface area (Å²) in [5.74, 6) is -0.113. The van der Waals surface area contributed by atoms with E-state index in [9.17, 15) is 4.79 Å². The van der Waals surface area contributed by atoms with Gasteiger partial charge in [0.25, 0.3) is 0 Å². The summed E-state index contributed by atoms with van der Waals surface area (Å²) < 4.78 is 4.62. The van der Waals surface area contributed by atoms with Gasteiger partial charge in [0.15, 0.2) is 0 Å². The quantitative estimate of drug-likeness (QED) is 0.506. The molecule has 11 heavy (non-hydrogen) atoms. The van der Waals surface area contributed by atoms with Crippen LogP contribution in [0.2, 0.25) is 19.6 Å². The van der Waals surface area contributed by atoms with Gasteiger partial charge in [-0.25, -0.2) is 0 Å². The zero-order valence-electron chi connectivity index (χ0n) is 7.80. The molecule has 0 amide bonds. The molecular formula is C7H16O2SSi. The second-order valence-electron chi connectivity index (χ2n) is 3.40. The molecule has 4 heteroatoms. The number of esters is 1. The highest BCUT2D eigenvalue weighted by molar-refractivity contribution is 8.29. The van der Waals surface area contributed by atoms with E-state index in [1.54, 1.807) is 11.2 Å². The SMILES string of the molecule is COC(=O)C(C)S[Si](C)(C)C. The standard InChI is InChI=1S/C7H16O2SSi/c1-6(7(8)9-2)10-11(3,4)5/h6H,1-5H3. The smallest absolute Gasteiger partial charge is 0.317 e. The predicted molar refractivity (Wildman–Crippen MR) is 52.4 cm³/mol. The van der Waals surface area contributed by atoms with E-state index in [1.807, 2.05) is 6.92 Å². The molecule has 1 atom stereocenters. The first-order valence-corrected chi connectivity index (χ1v) is 8.73. The fourth-order valence-electron chi connectivity index (χ4n) is 0.744. The molecule has 0 rings (SSSR count). The lowest BCUT2D eigenvalue weighted by Crippen LogP contribution is -2.24. The van der Waals surface area contributed by atoms with Gasteiger partial charge in [0, 0.05) is 0 Å². The van der Waals surface area contributed by atoms with Crippen molar-refractivity contribution in [2.75, 3.05) is 7.11 Å². The highest BCUT2D eigenvalue weighted by Gasteiger charge is 2.23. The second-order valence-corrected chi connectivity index (χ2v) is 12.9. The van der Waals surface area contributed by atoms with Crippen molar-refractivity contribution in [3.63, 3.8) is 0 Å². The fourth-order valence-corrected chi connectivity index (χ4v) is 5.47. The third-order valence-electron chi connectivity index (χ3n) is 1.06. The first-order valence-electron chi connectivity index (χ1n) is 3.62. The van der Waals surface area contributed by atoms with Gasteiger partial charge in [0.2, 0.25) is 0 Å². The Kier molecular flexibility index (Phi) is 4.17. The molecule has 0 aliphatic carbocycles. The first kappa shape index (κ1) is 11.0. The molecular weight excluding hydrogens is 176 g/mol. The molecule has 1 unspecified atom stereocenters. The predicted octanol–water partition coefficient (Wildman–Crippen LogP) is 2.12. The number of carbonyl (C=O) groups is 1. The molecule has 0 heterocycles. The molecule has 66 valence electrons. The minimum absolute atomic E-state index is 0.00772. The number of carbonyl (C=O) groups excluding carboxylic acids is 1. The number of rotatable bonds is 3. The lowest BCUT2D eigenvalue weighted by Gasteiger charge is -2.19. The van der Waals surface area contributed by atoms with Crippen molar-refractivity contribution in [1.29, 1.82) is 0 Å². The molecule has 2 nitrogen and oxygen atoms in total. The van der Waals surface area contributed by atoms with Gasteiger partial charge in [-0.05, 0) is 6.92 Å². The lowest BCUT2D eigenvalue weighted by atomic mass is 10.5. The van der Waals surface area contributed by atoms with Crippen LogP contribution < -0.4 is 0 Å². The Hall–Kier alpha value is 0.0369. The van der Waals surface area contributed by atoms with Crippen LogP contribution >= 0.6 is 11.2 Å². The van der Waals surface area contributed by atoms with E-state index < -0.39 is 7.22 Å². The topological polar surface area (TPSA) is 26.3 Å². The molecule has 0 aromatic rings. The summed E-state index contributed by atoms with van der Waals surface area (Å²) in [5, 5.41) is -0.00772. The number of hydrogen-bond donors (Lipinski definition) is 0. The first-order chi connectivity index (χ1) is 4.87. The number of hydrogen-bond acceptors (Lipinski definition) is 3. The van der Waals surface area contributed by atoms with Gasteiger partial charge in [-0.3, -0.25) is 4.79 Å². The van der Waals surface area contributed by atoms with Crippen molar-refractivity contribution in [3.8, 4) is 0 Å². The maximum Gasteiger partial charge on any atom is 0.317 e. The second kappa shape index (κ2) is 4.16. The molecule has 0 spiro atoms. The van der Waals surface area contributed by atoms with Gasteiger partial charge >= 0.3 is 5.97 Å². The van der Waals surface area contributed by atoms with Crippen LogP contribution in [0.4, 0.5) is 0 Å². The molecule has 0 fully saturated rings. The van der Waals surface area contributed by atoms with Gasteiger partial charge in [-0.1, -0.05) is 19.6 Å². The van der Waals surface area contributed by atoms with Crippen molar-refractivity contribution in [3.05, 3.63) is 0 Å². The van der Waals surface area contributed by atoms with E-state index in [0.717, 1.165) is 0 Å². The van der Waals surface area contributed by atoms with Crippen LogP contribution in [-0.4, -0.2) is 25.6 Å². The largest absolute Gasteiger partial charge is 0.468 e. The zero-order valence-corrected chi connectivity index (χ0v) is 9.62. The van der Waals surface area contributed by atoms with E-state index in [2.05, 4.69) is 24.4 Å². The summed E-state index contributed by atoms with van der Waals surface area (Å²) in [4.78, 5) is 11.0. The van der Waals surface area contributed by atoms with Gasteiger partial charge in [-0.15, -0.1) is 0 Å². The average molecular weight is 192 g/mol. The van der Waals surface area contributed by atoms with Crippen LogP contribution in [0.25, 0.3) is 0 Å². The summed E-state index contributed by atoms with van der Waals surface area (Å²) in [6.07, 6.45) is 0.